The molecule has 2 aliphatic rings. The number of nitrogens with zero attached hydrogens (tertiary/aromatic N) is 3. The van der Waals surface area contributed by atoms with Crippen molar-refractivity contribution in [3.8, 4) is 11.5 Å². The number of amides is 3. The first-order chi connectivity index (χ1) is 20.0. The van der Waals surface area contributed by atoms with E-state index >= 15 is 4.39 Å². The number of cyclic esters (lactones) is 1. The van der Waals surface area contributed by atoms with Crippen LogP contribution in [0.3, 0.4) is 0 Å². The molecule has 2 saturated heterocycles. The summed E-state index contributed by atoms with van der Waals surface area (Å²) in [7, 11) is 0. The number of ether oxygens (including phenoxy) is 3. The molecule has 0 saturated carbocycles. The highest BCUT2D eigenvalue weighted by Crippen LogP contribution is 2.30. The largest absolute Gasteiger partial charge is 0.442 e. The van der Waals surface area contributed by atoms with Crippen LogP contribution in [0.1, 0.15) is 26.3 Å². The van der Waals surface area contributed by atoms with Crippen LogP contribution in [-0.4, -0.2) is 80.1 Å². The molecule has 4 rings (SSSR count). The molecule has 42 heavy (non-hydrogen) atoms. The van der Waals surface area contributed by atoms with Gasteiger partial charge in [-0.2, -0.15) is 0 Å². The third-order valence-electron chi connectivity index (χ3n) is 6.52. The van der Waals surface area contributed by atoms with Gasteiger partial charge in [-0.1, -0.05) is 6.07 Å². The molecular weight excluding hydrogens is 551 g/mol. The van der Waals surface area contributed by atoms with E-state index in [1.54, 1.807) is 29.2 Å². The summed E-state index contributed by atoms with van der Waals surface area (Å²) in [6, 6.07) is 9.07. The number of anilines is 2. The van der Waals surface area contributed by atoms with Crippen molar-refractivity contribution >= 4 is 47.3 Å². The fraction of sp³-hybridized carbons (Fsp3) is 0.345. The van der Waals surface area contributed by atoms with E-state index in [2.05, 4.69) is 5.32 Å². The van der Waals surface area contributed by atoms with Gasteiger partial charge in [-0.3, -0.25) is 24.1 Å². The van der Waals surface area contributed by atoms with E-state index in [9.17, 15) is 24.0 Å². The SMILES string of the molecule is CC(=O)NC[C@H]1CN(c2ccc(N3CCN(C(=O)C=Cc4ccc(OC(C)=O)c(OC(C)=O)c4)CC3)c(F)c2)C(=O)O1. The highest BCUT2D eigenvalue weighted by molar-refractivity contribution is 5.92. The lowest BCUT2D eigenvalue weighted by atomic mass is 10.1. The molecule has 2 aliphatic heterocycles. The molecule has 2 aromatic rings. The van der Waals surface area contributed by atoms with Crippen LogP contribution in [0.5, 0.6) is 11.5 Å². The van der Waals surface area contributed by atoms with Crippen LogP contribution in [0.25, 0.3) is 6.08 Å². The smallest absolute Gasteiger partial charge is 0.414 e. The molecule has 0 aliphatic carbocycles. The molecule has 1 N–H and O–H groups in total. The maximum atomic E-state index is 15.1. The molecule has 2 aromatic carbocycles. The van der Waals surface area contributed by atoms with Gasteiger partial charge in [0.2, 0.25) is 11.8 Å². The van der Waals surface area contributed by atoms with Crippen molar-refractivity contribution in [2.75, 3.05) is 49.1 Å². The average molecular weight is 583 g/mol. The summed E-state index contributed by atoms with van der Waals surface area (Å²) >= 11 is 0. The Morgan fingerprint density at radius 2 is 1.67 bits per heavy atom. The number of carbonyl (C=O) groups is 5. The lowest BCUT2D eigenvalue weighted by Crippen LogP contribution is -2.48. The van der Waals surface area contributed by atoms with Gasteiger partial charge >= 0.3 is 18.0 Å². The fourth-order valence-corrected chi connectivity index (χ4v) is 4.56. The monoisotopic (exact) mass is 582 g/mol. The quantitative estimate of drug-likeness (QED) is 0.283. The van der Waals surface area contributed by atoms with Crippen LogP contribution in [0.4, 0.5) is 20.6 Å². The summed E-state index contributed by atoms with van der Waals surface area (Å²) in [5.74, 6) is -2.00. The number of benzene rings is 2. The van der Waals surface area contributed by atoms with Crippen LogP contribution in [0, 0.1) is 5.82 Å². The van der Waals surface area contributed by atoms with Crippen molar-refractivity contribution in [3.63, 3.8) is 0 Å². The van der Waals surface area contributed by atoms with Crippen LogP contribution in [-0.2, 0) is 23.9 Å². The number of nitrogens with one attached hydrogen (secondary N) is 1. The third-order valence-corrected chi connectivity index (χ3v) is 6.52. The van der Waals surface area contributed by atoms with Gasteiger partial charge in [0.15, 0.2) is 11.5 Å². The second-order valence-corrected chi connectivity index (χ2v) is 9.73. The number of hydrogen-bond acceptors (Lipinski definition) is 9. The first-order valence-corrected chi connectivity index (χ1v) is 13.2. The standard InChI is InChI=1S/C29H31FN4O8/c1-18(35)31-16-23-17-34(29(39)42-23)22-6-7-25(24(30)15-22)32-10-12-33(13-11-32)28(38)9-5-21-4-8-26(40-19(2)36)27(14-21)41-20(3)37/h4-9,14-15,23H,10-13,16-17H2,1-3H3,(H,31,35)/t23-/m0/s1. The van der Waals surface area contributed by atoms with Gasteiger partial charge < -0.3 is 29.3 Å². The number of piperazine rings is 1. The Morgan fingerprint density at radius 1 is 0.976 bits per heavy atom. The summed E-state index contributed by atoms with van der Waals surface area (Å²) in [6.07, 6.45) is 1.81. The predicted molar refractivity (Wildman–Crippen MR) is 150 cm³/mol. The van der Waals surface area contributed by atoms with Crippen LogP contribution >= 0.6 is 0 Å². The number of esters is 2. The highest BCUT2D eigenvalue weighted by atomic mass is 19.1. The first-order valence-electron chi connectivity index (χ1n) is 13.2. The molecule has 3 amide bonds. The molecule has 0 unspecified atom stereocenters. The van der Waals surface area contributed by atoms with E-state index in [-0.39, 0.29) is 36.4 Å². The van der Waals surface area contributed by atoms with E-state index in [0.29, 0.717) is 43.1 Å². The number of halogens is 1. The van der Waals surface area contributed by atoms with Crippen molar-refractivity contribution < 1.29 is 42.6 Å². The molecular formula is C29H31FN4O8. The minimum atomic E-state index is -0.611. The number of rotatable bonds is 8. The fourth-order valence-electron chi connectivity index (χ4n) is 4.56. The summed E-state index contributed by atoms with van der Waals surface area (Å²) in [6.45, 7) is 5.69. The van der Waals surface area contributed by atoms with Crippen LogP contribution in [0.15, 0.2) is 42.5 Å². The molecule has 2 fully saturated rings. The second kappa shape index (κ2) is 13.1. The Kier molecular flexibility index (Phi) is 9.40. The molecule has 2 heterocycles. The van der Waals surface area contributed by atoms with Crippen molar-refractivity contribution in [2.24, 2.45) is 0 Å². The summed E-state index contributed by atoms with van der Waals surface area (Å²) in [4.78, 5) is 63.7. The molecule has 222 valence electrons. The van der Waals surface area contributed by atoms with E-state index in [1.165, 1.54) is 49.9 Å². The van der Waals surface area contributed by atoms with Gasteiger partial charge in [0.1, 0.15) is 11.9 Å². The summed E-state index contributed by atoms with van der Waals surface area (Å²) < 4.78 is 30.5. The van der Waals surface area contributed by atoms with E-state index < -0.39 is 30.0 Å². The number of hydrogen-bond donors (Lipinski definition) is 1. The van der Waals surface area contributed by atoms with Crippen LogP contribution < -0.4 is 24.6 Å². The maximum Gasteiger partial charge on any atom is 0.414 e. The Balaban J connectivity index is 1.34. The highest BCUT2D eigenvalue weighted by Gasteiger charge is 2.33. The van der Waals surface area contributed by atoms with E-state index in [0.717, 1.165) is 0 Å². The van der Waals surface area contributed by atoms with Crippen molar-refractivity contribution in [3.05, 3.63) is 53.9 Å². The second-order valence-electron chi connectivity index (χ2n) is 9.73. The molecule has 0 bridgehead atoms. The molecule has 0 aromatic heterocycles. The molecule has 1 atom stereocenters. The minimum Gasteiger partial charge on any atom is -0.442 e. The van der Waals surface area contributed by atoms with Gasteiger partial charge in [-0.15, -0.1) is 0 Å². The zero-order valence-corrected chi connectivity index (χ0v) is 23.4. The van der Waals surface area contributed by atoms with Gasteiger partial charge in [0.05, 0.1) is 24.5 Å². The van der Waals surface area contributed by atoms with Gasteiger partial charge in [0.25, 0.3) is 0 Å². The zero-order valence-electron chi connectivity index (χ0n) is 23.4. The van der Waals surface area contributed by atoms with Gasteiger partial charge in [-0.05, 0) is 42.0 Å². The third kappa shape index (κ3) is 7.62. The van der Waals surface area contributed by atoms with Gasteiger partial charge in [0, 0.05) is 53.0 Å². The zero-order chi connectivity index (χ0) is 30.4. The van der Waals surface area contributed by atoms with Gasteiger partial charge in [-0.25, -0.2) is 9.18 Å². The van der Waals surface area contributed by atoms with E-state index in [4.69, 9.17) is 14.2 Å². The molecule has 0 radical (unpaired) electrons. The topological polar surface area (TPSA) is 135 Å². The van der Waals surface area contributed by atoms with E-state index in [1.807, 2.05) is 4.90 Å². The van der Waals surface area contributed by atoms with Crippen molar-refractivity contribution in [1.82, 2.24) is 10.2 Å². The molecule has 0 spiro atoms. The lowest BCUT2D eigenvalue weighted by molar-refractivity contribution is -0.134. The van der Waals surface area contributed by atoms with Crippen molar-refractivity contribution in [2.45, 2.75) is 26.9 Å². The average Bonchev–Trinajstić information content (AvgIpc) is 3.31. The summed E-state index contributed by atoms with van der Waals surface area (Å²) in [5.41, 5.74) is 1.26. The predicted octanol–water partition coefficient (Wildman–Crippen LogP) is 2.50. The minimum absolute atomic E-state index is 0.0559. The molecule has 13 heteroatoms. The molecule has 12 nitrogen and oxygen atoms in total. The Labute approximate surface area is 241 Å². The van der Waals surface area contributed by atoms with Crippen LogP contribution in [0.2, 0.25) is 0 Å². The Hall–Kier alpha value is -4.94. The summed E-state index contributed by atoms with van der Waals surface area (Å²) in [5, 5.41) is 2.60. The first kappa shape index (κ1) is 30.0. The Bertz CT molecular complexity index is 1420. The van der Waals surface area contributed by atoms with Crippen molar-refractivity contribution in [1.29, 1.82) is 0 Å². The maximum absolute atomic E-state index is 15.1. The Morgan fingerprint density at radius 3 is 2.31 bits per heavy atom. The number of carbonyl (C=O) groups excluding carboxylic acids is 5. The lowest BCUT2D eigenvalue weighted by Gasteiger charge is -2.36. The normalized spacial score (nSPS) is 16.8.